The number of anilines is 2. The fourth-order valence-corrected chi connectivity index (χ4v) is 2.86. The molecule has 3 rings (SSSR count). The van der Waals surface area contributed by atoms with E-state index in [1.165, 1.54) is 0 Å². The molecule has 0 radical (unpaired) electrons. The van der Waals surface area contributed by atoms with Gasteiger partial charge in [0.05, 0.1) is 18.4 Å². The van der Waals surface area contributed by atoms with Crippen LogP contribution in [0.1, 0.15) is 27.1 Å². The number of nitrogens with one attached hydrogen (secondary N) is 3. The average Bonchev–Trinajstić information content (AvgIpc) is 2.80. The maximum atomic E-state index is 12.7. The molecule has 3 aromatic carbocycles. The highest BCUT2D eigenvalue weighted by Gasteiger charge is 2.14. The molecule has 0 saturated carbocycles. The molecule has 0 aromatic heterocycles. The monoisotopic (exact) mass is 417 g/mol. The number of amides is 3. The number of methoxy groups -OCH3 is 1. The van der Waals surface area contributed by atoms with Crippen LogP contribution in [0.5, 0.6) is 5.75 Å². The van der Waals surface area contributed by atoms with E-state index >= 15 is 0 Å². The lowest BCUT2D eigenvalue weighted by molar-refractivity contribution is -0.116. The van der Waals surface area contributed by atoms with Gasteiger partial charge in [0.25, 0.3) is 11.8 Å². The van der Waals surface area contributed by atoms with Gasteiger partial charge in [0.15, 0.2) is 0 Å². The Balaban J connectivity index is 1.56. The molecule has 3 N–H and O–H groups in total. The average molecular weight is 417 g/mol. The molecule has 0 saturated heterocycles. The smallest absolute Gasteiger partial charge is 0.257 e. The molecule has 0 heterocycles. The van der Waals surface area contributed by atoms with E-state index < -0.39 is 0 Å². The summed E-state index contributed by atoms with van der Waals surface area (Å²) in [7, 11) is 1.57. The van der Waals surface area contributed by atoms with E-state index in [1.54, 1.807) is 79.9 Å². The Bertz CT molecular complexity index is 1050. The second-order valence-corrected chi connectivity index (χ2v) is 6.65. The molecule has 3 amide bonds. The summed E-state index contributed by atoms with van der Waals surface area (Å²) in [6.07, 6.45) is 0.0764. The van der Waals surface area contributed by atoms with Crippen LogP contribution in [0.2, 0.25) is 0 Å². The van der Waals surface area contributed by atoms with Crippen LogP contribution >= 0.6 is 0 Å². The van der Waals surface area contributed by atoms with Crippen molar-refractivity contribution >= 4 is 29.1 Å². The molecule has 0 spiro atoms. The number of carbonyl (C=O) groups excluding carboxylic acids is 3. The normalized spacial score (nSPS) is 10.1. The number of benzene rings is 3. The van der Waals surface area contributed by atoms with E-state index in [-0.39, 0.29) is 30.7 Å². The molecule has 7 heteroatoms. The summed E-state index contributed by atoms with van der Waals surface area (Å²) < 4.78 is 5.11. The van der Waals surface area contributed by atoms with Crippen molar-refractivity contribution in [1.29, 1.82) is 0 Å². The molecule has 158 valence electrons. The van der Waals surface area contributed by atoms with E-state index in [9.17, 15) is 14.4 Å². The Hall–Kier alpha value is -4.13. The summed E-state index contributed by atoms with van der Waals surface area (Å²) in [6, 6.07) is 22.5. The van der Waals surface area contributed by atoms with Crippen LogP contribution in [0.25, 0.3) is 0 Å². The van der Waals surface area contributed by atoms with Crippen molar-refractivity contribution in [2.75, 3.05) is 24.3 Å². The summed E-state index contributed by atoms with van der Waals surface area (Å²) >= 11 is 0. The number of carbonyl (C=O) groups is 3. The Kier molecular flexibility index (Phi) is 7.37. The molecule has 0 bridgehead atoms. The molecule has 0 aliphatic carbocycles. The minimum absolute atomic E-state index is 0.0764. The molecule has 0 fully saturated rings. The van der Waals surface area contributed by atoms with Gasteiger partial charge in [-0.3, -0.25) is 14.4 Å². The Morgan fingerprint density at radius 1 is 0.774 bits per heavy atom. The Morgan fingerprint density at radius 3 is 2.16 bits per heavy atom. The third-order valence-corrected chi connectivity index (χ3v) is 4.47. The summed E-state index contributed by atoms with van der Waals surface area (Å²) in [5.74, 6) is -0.214. The molecular weight excluding hydrogens is 394 g/mol. The van der Waals surface area contributed by atoms with Gasteiger partial charge in [-0.05, 0) is 48.5 Å². The predicted molar refractivity (Wildman–Crippen MR) is 119 cm³/mol. The quantitative estimate of drug-likeness (QED) is 0.521. The van der Waals surface area contributed by atoms with Gasteiger partial charge in [0, 0.05) is 24.2 Å². The zero-order chi connectivity index (χ0) is 22.1. The molecule has 7 nitrogen and oxygen atoms in total. The molecule has 0 aliphatic rings. The summed E-state index contributed by atoms with van der Waals surface area (Å²) in [6.45, 7) is 0.180. The van der Waals surface area contributed by atoms with E-state index in [0.29, 0.717) is 28.3 Å². The number of hydrogen-bond acceptors (Lipinski definition) is 4. The fraction of sp³-hybridized carbons (Fsp3) is 0.125. The van der Waals surface area contributed by atoms with Gasteiger partial charge in [-0.15, -0.1) is 0 Å². The maximum absolute atomic E-state index is 12.7. The Labute approximate surface area is 180 Å². The summed E-state index contributed by atoms with van der Waals surface area (Å²) in [5, 5.41) is 8.24. The van der Waals surface area contributed by atoms with E-state index in [2.05, 4.69) is 16.0 Å². The first-order valence-electron chi connectivity index (χ1n) is 9.74. The lowest BCUT2D eigenvalue weighted by Crippen LogP contribution is -2.28. The number of para-hydroxylation sites is 1. The van der Waals surface area contributed by atoms with Crippen molar-refractivity contribution in [3.63, 3.8) is 0 Å². The van der Waals surface area contributed by atoms with Crippen LogP contribution in [0.4, 0.5) is 11.4 Å². The molecule has 31 heavy (non-hydrogen) atoms. The van der Waals surface area contributed by atoms with Crippen LogP contribution in [0, 0.1) is 0 Å². The minimum Gasteiger partial charge on any atom is -0.497 e. The van der Waals surface area contributed by atoms with Gasteiger partial charge < -0.3 is 20.7 Å². The number of hydrogen-bond donors (Lipinski definition) is 3. The zero-order valence-corrected chi connectivity index (χ0v) is 17.1. The molecular formula is C24H23N3O4. The number of rotatable bonds is 8. The van der Waals surface area contributed by atoms with Crippen LogP contribution in [0.3, 0.4) is 0 Å². The van der Waals surface area contributed by atoms with Gasteiger partial charge in [0.1, 0.15) is 5.75 Å². The lowest BCUT2D eigenvalue weighted by atomic mass is 10.1. The van der Waals surface area contributed by atoms with Crippen molar-refractivity contribution in [3.8, 4) is 5.75 Å². The molecule has 3 aromatic rings. The lowest BCUT2D eigenvalue weighted by Gasteiger charge is -2.12. The third kappa shape index (κ3) is 6.17. The SMILES string of the molecule is COc1ccc(NC(=O)c2ccccc2NC(=O)CCNC(=O)c2ccccc2)cc1. The highest BCUT2D eigenvalue weighted by Crippen LogP contribution is 2.19. The fourth-order valence-electron chi connectivity index (χ4n) is 2.86. The summed E-state index contributed by atoms with van der Waals surface area (Å²) in [4.78, 5) is 37.0. The molecule has 0 atom stereocenters. The van der Waals surface area contributed by atoms with Crippen LogP contribution in [-0.2, 0) is 4.79 Å². The molecule has 0 unspecified atom stereocenters. The first-order chi connectivity index (χ1) is 15.1. The highest BCUT2D eigenvalue weighted by atomic mass is 16.5. The summed E-state index contributed by atoms with van der Waals surface area (Å²) in [5.41, 5.74) is 1.87. The zero-order valence-electron chi connectivity index (χ0n) is 17.1. The van der Waals surface area contributed by atoms with Crippen LogP contribution in [-0.4, -0.2) is 31.4 Å². The third-order valence-electron chi connectivity index (χ3n) is 4.47. The van der Waals surface area contributed by atoms with Crippen molar-refractivity contribution in [3.05, 3.63) is 90.0 Å². The largest absolute Gasteiger partial charge is 0.497 e. The predicted octanol–water partition coefficient (Wildman–Crippen LogP) is 3.71. The van der Waals surface area contributed by atoms with Crippen LogP contribution < -0.4 is 20.7 Å². The Morgan fingerprint density at radius 2 is 1.45 bits per heavy atom. The van der Waals surface area contributed by atoms with Gasteiger partial charge >= 0.3 is 0 Å². The van der Waals surface area contributed by atoms with Gasteiger partial charge in [-0.2, -0.15) is 0 Å². The van der Waals surface area contributed by atoms with Gasteiger partial charge in [0.2, 0.25) is 5.91 Å². The van der Waals surface area contributed by atoms with E-state index in [1.807, 2.05) is 6.07 Å². The first kappa shape index (κ1) is 21.6. The van der Waals surface area contributed by atoms with Gasteiger partial charge in [-0.1, -0.05) is 30.3 Å². The second kappa shape index (κ2) is 10.6. The second-order valence-electron chi connectivity index (χ2n) is 6.65. The minimum atomic E-state index is -0.349. The van der Waals surface area contributed by atoms with Crippen molar-refractivity contribution < 1.29 is 19.1 Å². The molecule has 0 aliphatic heterocycles. The maximum Gasteiger partial charge on any atom is 0.257 e. The standard InChI is InChI=1S/C24H23N3O4/c1-31-19-13-11-18(12-14-19)26-24(30)20-9-5-6-10-21(20)27-22(28)15-16-25-23(29)17-7-3-2-4-8-17/h2-14H,15-16H2,1H3,(H,25,29)(H,26,30)(H,27,28). The first-order valence-corrected chi connectivity index (χ1v) is 9.74. The van der Waals surface area contributed by atoms with Crippen LogP contribution in [0.15, 0.2) is 78.9 Å². The van der Waals surface area contributed by atoms with Gasteiger partial charge in [-0.25, -0.2) is 0 Å². The van der Waals surface area contributed by atoms with Crippen molar-refractivity contribution in [2.24, 2.45) is 0 Å². The highest BCUT2D eigenvalue weighted by molar-refractivity contribution is 6.10. The van der Waals surface area contributed by atoms with Crippen molar-refractivity contribution in [2.45, 2.75) is 6.42 Å². The van der Waals surface area contributed by atoms with E-state index in [0.717, 1.165) is 0 Å². The van der Waals surface area contributed by atoms with E-state index in [4.69, 9.17) is 4.74 Å². The van der Waals surface area contributed by atoms with Crippen molar-refractivity contribution in [1.82, 2.24) is 5.32 Å². The topological polar surface area (TPSA) is 96.5 Å². The number of ether oxygens (including phenoxy) is 1.